The van der Waals surface area contributed by atoms with Gasteiger partial charge in [-0.2, -0.15) is 0 Å². The summed E-state index contributed by atoms with van der Waals surface area (Å²) in [6, 6.07) is 2.32. The van der Waals surface area contributed by atoms with Crippen molar-refractivity contribution in [1.29, 1.82) is 0 Å². The molecule has 0 aliphatic rings. The lowest BCUT2D eigenvalue weighted by atomic mass is 10.2. The van der Waals surface area contributed by atoms with Gasteiger partial charge in [0.05, 0.1) is 6.04 Å². The Morgan fingerprint density at radius 2 is 2.35 bits per heavy atom. The zero-order valence-electron chi connectivity index (χ0n) is 9.65. The lowest BCUT2D eigenvalue weighted by molar-refractivity contribution is 0.497. The van der Waals surface area contributed by atoms with Gasteiger partial charge in [0.1, 0.15) is 5.82 Å². The van der Waals surface area contributed by atoms with Crippen molar-refractivity contribution in [1.82, 2.24) is 20.3 Å². The van der Waals surface area contributed by atoms with E-state index in [-0.39, 0.29) is 6.04 Å². The molecule has 0 saturated heterocycles. The molecule has 0 aromatic carbocycles. The Bertz CT molecular complexity index is 455. The fourth-order valence-electron chi connectivity index (χ4n) is 1.70. The smallest absolute Gasteiger partial charge is 0.123 e. The predicted molar refractivity (Wildman–Crippen MR) is 70.4 cm³/mol. The first-order valence-corrected chi connectivity index (χ1v) is 6.41. The molecule has 90 valence electrons. The highest BCUT2D eigenvalue weighted by molar-refractivity contribution is 9.10. The largest absolute Gasteiger partial charge is 0.347 e. The van der Waals surface area contributed by atoms with E-state index in [1.165, 1.54) is 0 Å². The number of imidazole rings is 1. The molecule has 4 nitrogen and oxygen atoms in total. The van der Waals surface area contributed by atoms with Gasteiger partial charge in [-0.1, -0.05) is 6.92 Å². The number of aromatic nitrogens is 3. The molecule has 2 rings (SSSR count). The van der Waals surface area contributed by atoms with E-state index in [1.54, 1.807) is 12.4 Å². The van der Waals surface area contributed by atoms with Gasteiger partial charge in [-0.15, -0.1) is 0 Å². The highest BCUT2D eigenvalue weighted by atomic mass is 79.9. The van der Waals surface area contributed by atoms with Crippen LogP contribution in [0.3, 0.4) is 0 Å². The number of hydrogen-bond acceptors (Lipinski definition) is 3. The summed E-state index contributed by atoms with van der Waals surface area (Å²) in [5, 5.41) is 3.46. The number of aromatic amines is 1. The maximum Gasteiger partial charge on any atom is 0.123 e. The van der Waals surface area contributed by atoms with E-state index >= 15 is 0 Å². The third-order valence-electron chi connectivity index (χ3n) is 2.57. The Morgan fingerprint density at radius 1 is 1.47 bits per heavy atom. The van der Waals surface area contributed by atoms with Gasteiger partial charge in [0, 0.05) is 35.8 Å². The normalized spacial score (nSPS) is 12.6. The molecule has 2 aromatic rings. The van der Waals surface area contributed by atoms with Gasteiger partial charge in [0.25, 0.3) is 0 Å². The van der Waals surface area contributed by atoms with E-state index in [1.807, 2.05) is 12.4 Å². The fraction of sp³-hybridized carbons (Fsp3) is 0.333. The number of pyridine rings is 1. The maximum absolute atomic E-state index is 4.27. The standard InChI is InChI=1S/C12H15BrN4/c1-2-11(12-15-3-4-16-12)17-7-9-5-10(13)8-14-6-9/h3-6,8,11,17H,2,7H2,1H3,(H,15,16). The molecule has 0 spiro atoms. The summed E-state index contributed by atoms with van der Waals surface area (Å²) in [7, 11) is 0. The lowest BCUT2D eigenvalue weighted by Crippen LogP contribution is -2.21. The summed E-state index contributed by atoms with van der Waals surface area (Å²) >= 11 is 3.42. The van der Waals surface area contributed by atoms with Crippen LogP contribution < -0.4 is 5.32 Å². The highest BCUT2D eigenvalue weighted by Gasteiger charge is 2.10. The molecule has 2 aromatic heterocycles. The topological polar surface area (TPSA) is 53.6 Å². The number of rotatable bonds is 5. The van der Waals surface area contributed by atoms with Crippen LogP contribution in [0.2, 0.25) is 0 Å². The van der Waals surface area contributed by atoms with Crippen LogP contribution in [0.1, 0.15) is 30.8 Å². The second-order valence-corrected chi connectivity index (χ2v) is 4.74. The van der Waals surface area contributed by atoms with Crippen molar-refractivity contribution >= 4 is 15.9 Å². The molecule has 2 heterocycles. The van der Waals surface area contributed by atoms with Crippen LogP contribution in [0.5, 0.6) is 0 Å². The number of hydrogen-bond donors (Lipinski definition) is 2. The van der Waals surface area contributed by atoms with Crippen LogP contribution in [0.4, 0.5) is 0 Å². The van der Waals surface area contributed by atoms with E-state index in [0.717, 1.165) is 28.8 Å². The molecule has 5 heteroatoms. The quantitative estimate of drug-likeness (QED) is 0.892. The van der Waals surface area contributed by atoms with Gasteiger partial charge in [-0.3, -0.25) is 4.98 Å². The van der Waals surface area contributed by atoms with Crippen molar-refractivity contribution in [2.45, 2.75) is 25.9 Å². The first-order valence-electron chi connectivity index (χ1n) is 5.61. The SMILES string of the molecule is CCC(NCc1cncc(Br)c1)c1ncc[nH]1. The van der Waals surface area contributed by atoms with Gasteiger partial charge in [0.2, 0.25) is 0 Å². The van der Waals surface area contributed by atoms with Crippen LogP contribution in [0.15, 0.2) is 35.3 Å². The summed E-state index contributed by atoms with van der Waals surface area (Å²) in [4.78, 5) is 11.6. The minimum atomic E-state index is 0.254. The Balaban J connectivity index is 1.97. The van der Waals surface area contributed by atoms with Gasteiger partial charge in [-0.05, 0) is 34.0 Å². The van der Waals surface area contributed by atoms with Crippen LogP contribution in [0.25, 0.3) is 0 Å². The van der Waals surface area contributed by atoms with Gasteiger partial charge in [-0.25, -0.2) is 4.98 Å². The van der Waals surface area contributed by atoms with Crippen LogP contribution in [-0.4, -0.2) is 15.0 Å². The van der Waals surface area contributed by atoms with E-state index < -0.39 is 0 Å². The van der Waals surface area contributed by atoms with E-state index in [0.29, 0.717) is 0 Å². The molecule has 17 heavy (non-hydrogen) atoms. The Hall–Kier alpha value is -1.20. The average Bonchev–Trinajstić information content (AvgIpc) is 2.84. The van der Waals surface area contributed by atoms with E-state index in [4.69, 9.17) is 0 Å². The summed E-state index contributed by atoms with van der Waals surface area (Å²) in [5.41, 5.74) is 1.16. The monoisotopic (exact) mass is 294 g/mol. The third kappa shape index (κ3) is 3.38. The molecule has 0 saturated carbocycles. The van der Waals surface area contributed by atoms with E-state index in [9.17, 15) is 0 Å². The number of nitrogens with one attached hydrogen (secondary N) is 2. The lowest BCUT2D eigenvalue weighted by Gasteiger charge is -2.14. The Kier molecular flexibility index (Phi) is 4.28. The molecule has 2 N–H and O–H groups in total. The Morgan fingerprint density at radius 3 is 3.00 bits per heavy atom. The number of H-pyrrole nitrogens is 1. The van der Waals surface area contributed by atoms with Crippen molar-refractivity contribution in [2.24, 2.45) is 0 Å². The summed E-state index contributed by atoms with van der Waals surface area (Å²) < 4.78 is 1.00. The maximum atomic E-state index is 4.27. The summed E-state index contributed by atoms with van der Waals surface area (Å²) in [6.45, 7) is 2.92. The minimum absolute atomic E-state index is 0.254. The second-order valence-electron chi connectivity index (χ2n) is 3.83. The zero-order valence-corrected chi connectivity index (χ0v) is 11.2. The molecule has 1 unspecified atom stereocenters. The first kappa shape index (κ1) is 12.3. The third-order valence-corrected chi connectivity index (χ3v) is 3.01. The molecule has 0 fully saturated rings. The van der Waals surface area contributed by atoms with Crippen molar-refractivity contribution < 1.29 is 0 Å². The number of nitrogens with zero attached hydrogens (tertiary/aromatic N) is 2. The van der Waals surface area contributed by atoms with Gasteiger partial charge >= 0.3 is 0 Å². The molecule has 0 amide bonds. The first-order chi connectivity index (χ1) is 8.29. The molecular formula is C12H15BrN4. The molecule has 0 aliphatic carbocycles. The Labute approximate surface area is 109 Å². The number of halogens is 1. The second kappa shape index (κ2) is 5.93. The molecular weight excluding hydrogens is 280 g/mol. The minimum Gasteiger partial charge on any atom is -0.347 e. The van der Waals surface area contributed by atoms with Crippen molar-refractivity contribution in [3.63, 3.8) is 0 Å². The highest BCUT2D eigenvalue weighted by Crippen LogP contribution is 2.14. The molecule has 0 bridgehead atoms. The van der Waals surface area contributed by atoms with Crippen LogP contribution >= 0.6 is 15.9 Å². The van der Waals surface area contributed by atoms with Crippen molar-refractivity contribution in [3.8, 4) is 0 Å². The van der Waals surface area contributed by atoms with Crippen molar-refractivity contribution in [3.05, 3.63) is 46.7 Å². The summed E-state index contributed by atoms with van der Waals surface area (Å²) in [6.07, 6.45) is 8.27. The molecule has 1 atom stereocenters. The molecule has 0 radical (unpaired) electrons. The van der Waals surface area contributed by atoms with Crippen LogP contribution in [0, 0.1) is 0 Å². The average molecular weight is 295 g/mol. The fourth-order valence-corrected chi connectivity index (χ4v) is 2.11. The summed E-state index contributed by atoms with van der Waals surface area (Å²) in [5.74, 6) is 0.982. The van der Waals surface area contributed by atoms with Crippen molar-refractivity contribution in [2.75, 3.05) is 0 Å². The predicted octanol–water partition coefficient (Wildman–Crippen LogP) is 2.81. The van der Waals surface area contributed by atoms with Gasteiger partial charge in [0.15, 0.2) is 0 Å². The zero-order chi connectivity index (χ0) is 12.1. The molecule has 0 aliphatic heterocycles. The van der Waals surface area contributed by atoms with E-state index in [2.05, 4.69) is 49.2 Å². The van der Waals surface area contributed by atoms with Gasteiger partial charge < -0.3 is 10.3 Å². The van der Waals surface area contributed by atoms with Crippen LogP contribution in [-0.2, 0) is 6.54 Å².